The van der Waals surface area contributed by atoms with Crippen LogP contribution in [0.5, 0.6) is 5.75 Å². The first kappa shape index (κ1) is 19.0. The van der Waals surface area contributed by atoms with Gasteiger partial charge in [-0.3, -0.25) is 0 Å². The van der Waals surface area contributed by atoms with E-state index in [0.717, 1.165) is 37.8 Å². The van der Waals surface area contributed by atoms with E-state index in [1.54, 1.807) is 7.11 Å². The van der Waals surface area contributed by atoms with Gasteiger partial charge in [0.05, 0.1) is 7.11 Å². The van der Waals surface area contributed by atoms with Crippen molar-refractivity contribution in [1.82, 2.24) is 10.2 Å². The Morgan fingerprint density at radius 1 is 1.27 bits per heavy atom. The van der Waals surface area contributed by atoms with E-state index in [1.807, 2.05) is 0 Å². The number of rotatable bonds is 11. The van der Waals surface area contributed by atoms with E-state index in [0.29, 0.717) is 0 Å². The molecule has 0 aliphatic rings. The highest BCUT2D eigenvalue weighted by Gasteiger charge is 2.06. The van der Waals surface area contributed by atoms with Crippen molar-refractivity contribution in [2.24, 2.45) is 5.92 Å². The van der Waals surface area contributed by atoms with Gasteiger partial charge >= 0.3 is 0 Å². The van der Waals surface area contributed by atoms with Gasteiger partial charge in [-0.05, 0) is 50.5 Å². The molecule has 0 bridgehead atoms. The molecule has 1 aromatic carbocycles. The predicted octanol–water partition coefficient (Wildman–Crippen LogP) is 4.06. The Kier molecular flexibility index (Phi) is 9.17. The van der Waals surface area contributed by atoms with Gasteiger partial charge in [-0.2, -0.15) is 0 Å². The monoisotopic (exact) mass is 306 g/mol. The molecular weight excluding hydrogens is 272 g/mol. The molecule has 1 N–H and O–H groups in total. The van der Waals surface area contributed by atoms with Crippen LogP contribution in [-0.2, 0) is 13.1 Å². The SMILES string of the molecule is CCCCN(C)Cc1ccc(CNCCC(C)C)c(OC)c1. The molecule has 126 valence electrons. The van der Waals surface area contributed by atoms with E-state index in [2.05, 4.69) is 56.2 Å². The summed E-state index contributed by atoms with van der Waals surface area (Å²) in [5.41, 5.74) is 2.56. The van der Waals surface area contributed by atoms with Crippen LogP contribution in [0, 0.1) is 5.92 Å². The summed E-state index contributed by atoms with van der Waals surface area (Å²) >= 11 is 0. The lowest BCUT2D eigenvalue weighted by Gasteiger charge is -2.18. The number of hydrogen-bond acceptors (Lipinski definition) is 3. The Morgan fingerprint density at radius 2 is 2.05 bits per heavy atom. The second kappa shape index (κ2) is 10.6. The van der Waals surface area contributed by atoms with Gasteiger partial charge in [-0.15, -0.1) is 0 Å². The molecule has 0 aliphatic carbocycles. The van der Waals surface area contributed by atoms with Crippen molar-refractivity contribution in [3.8, 4) is 5.75 Å². The van der Waals surface area contributed by atoms with E-state index in [1.165, 1.54) is 30.4 Å². The molecule has 0 heterocycles. The minimum Gasteiger partial charge on any atom is -0.496 e. The van der Waals surface area contributed by atoms with Gasteiger partial charge in [0, 0.05) is 18.7 Å². The molecule has 0 saturated heterocycles. The van der Waals surface area contributed by atoms with Crippen LogP contribution < -0.4 is 10.1 Å². The van der Waals surface area contributed by atoms with E-state index in [-0.39, 0.29) is 0 Å². The van der Waals surface area contributed by atoms with Crippen molar-refractivity contribution in [2.45, 2.75) is 53.1 Å². The number of unbranched alkanes of at least 4 members (excludes halogenated alkanes) is 1. The van der Waals surface area contributed by atoms with Crippen molar-refractivity contribution in [3.63, 3.8) is 0 Å². The molecule has 0 amide bonds. The average Bonchev–Trinajstić information content (AvgIpc) is 2.50. The third-order valence-electron chi connectivity index (χ3n) is 3.91. The van der Waals surface area contributed by atoms with Crippen LogP contribution in [0.3, 0.4) is 0 Å². The van der Waals surface area contributed by atoms with Crippen LogP contribution in [0.1, 0.15) is 51.2 Å². The molecule has 0 unspecified atom stereocenters. The van der Waals surface area contributed by atoms with Crippen molar-refractivity contribution < 1.29 is 4.74 Å². The van der Waals surface area contributed by atoms with E-state index < -0.39 is 0 Å². The van der Waals surface area contributed by atoms with Gasteiger partial charge in [0.2, 0.25) is 0 Å². The second-order valence-corrected chi connectivity index (χ2v) is 6.60. The van der Waals surface area contributed by atoms with E-state index in [9.17, 15) is 0 Å². The van der Waals surface area contributed by atoms with Crippen molar-refractivity contribution in [1.29, 1.82) is 0 Å². The summed E-state index contributed by atoms with van der Waals surface area (Å²) in [5.74, 6) is 1.74. The lowest BCUT2D eigenvalue weighted by atomic mass is 10.1. The normalized spacial score (nSPS) is 11.4. The number of nitrogens with one attached hydrogen (secondary N) is 1. The van der Waals surface area contributed by atoms with Crippen LogP contribution in [0.4, 0.5) is 0 Å². The van der Waals surface area contributed by atoms with Crippen molar-refractivity contribution in [2.75, 3.05) is 27.2 Å². The average molecular weight is 306 g/mol. The fourth-order valence-electron chi connectivity index (χ4n) is 2.47. The summed E-state index contributed by atoms with van der Waals surface area (Å²) in [6.45, 7) is 10.8. The number of ether oxygens (including phenoxy) is 1. The van der Waals surface area contributed by atoms with Crippen molar-refractivity contribution in [3.05, 3.63) is 29.3 Å². The largest absolute Gasteiger partial charge is 0.496 e. The van der Waals surface area contributed by atoms with Crippen LogP contribution >= 0.6 is 0 Å². The van der Waals surface area contributed by atoms with Gasteiger partial charge in [0.15, 0.2) is 0 Å². The Balaban J connectivity index is 2.54. The quantitative estimate of drug-likeness (QED) is 0.624. The zero-order chi connectivity index (χ0) is 16.4. The van der Waals surface area contributed by atoms with Crippen LogP contribution in [0.25, 0.3) is 0 Å². The minimum absolute atomic E-state index is 0.746. The second-order valence-electron chi connectivity index (χ2n) is 6.60. The summed E-state index contributed by atoms with van der Waals surface area (Å²) in [5, 5.41) is 3.51. The topological polar surface area (TPSA) is 24.5 Å². The Morgan fingerprint density at radius 3 is 2.68 bits per heavy atom. The van der Waals surface area contributed by atoms with E-state index in [4.69, 9.17) is 4.74 Å². The van der Waals surface area contributed by atoms with Gasteiger partial charge in [-0.1, -0.05) is 39.3 Å². The molecule has 1 rings (SSSR count). The molecule has 0 fully saturated rings. The maximum Gasteiger partial charge on any atom is 0.123 e. The Labute approximate surface area is 137 Å². The third kappa shape index (κ3) is 7.28. The summed E-state index contributed by atoms with van der Waals surface area (Å²) in [7, 11) is 3.95. The summed E-state index contributed by atoms with van der Waals surface area (Å²) in [4.78, 5) is 2.37. The summed E-state index contributed by atoms with van der Waals surface area (Å²) < 4.78 is 5.57. The molecular formula is C19H34N2O. The summed E-state index contributed by atoms with van der Waals surface area (Å²) in [6.07, 6.45) is 3.71. The van der Waals surface area contributed by atoms with Crippen LogP contribution in [0.2, 0.25) is 0 Å². The number of benzene rings is 1. The highest BCUT2D eigenvalue weighted by molar-refractivity contribution is 5.37. The van der Waals surface area contributed by atoms with Crippen molar-refractivity contribution >= 4 is 0 Å². The first-order valence-electron chi connectivity index (χ1n) is 8.61. The van der Waals surface area contributed by atoms with E-state index >= 15 is 0 Å². The Bertz CT molecular complexity index is 418. The van der Waals surface area contributed by atoms with Gasteiger partial charge in [0.25, 0.3) is 0 Å². The van der Waals surface area contributed by atoms with Crippen LogP contribution in [-0.4, -0.2) is 32.1 Å². The molecule has 0 spiro atoms. The summed E-state index contributed by atoms with van der Waals surface area (Å²) in [6, 6.07) is 6.61. The van der Waals surface area contributed by atoms with Crippen LogP contribution in [0.15, 0.2) is 18.2 Å². The molecule has 3 heteroatoms. The van der Waals surface area contributed by atoms with Gasteiger partial charge in [0.1, 0.15) is 5.75 Å². The Hall–Kier alpha value is -1.06. The number of nitrogens with zero attached hydrogens (tertiary/aromatic N) is 1. The van der Waals surface area contributed by atoms with Gasteiger partial charge in [-0.25, -0.2) is 0 Å². The first-order chi connectivity index (χ1) is 10.6. The zero-order valence-electron chi connectivity index (χ0n) is 15.1. The zero-order valence-corrected chi connectivity index (χ0v) is 15.1. The highest BCUT2D eigenvalue weighted by atomic mass is 16.5. The number of hydrogen-bond donors (Lipinski definition) is 1. The standard InChI is InChI=1S/C19H34N2O/c1-6-7-12-21(4)15-17-8-9-18(19(13-17)22-5)14-20-11-10-16(2)3/h8-9,13,16,20H,6-7,10-12,14-15H2,1-5H3. The highest BCUT2D eigenvalue weighted by Crippen LogP contribution is 2.21. The molecule has 3 nitrogen and oxygen atoms in total. The maximum absolute atomic E-state index is 5.57. The molecule has 0 aromatic heterocycles. The molecule has 0 radical (unpaired) electrons. The number of methoxy groups -OCH3 is 1. The first-order valence-corrected chi connectivity index (χ1v) is 8.61. The fourth-order valence-corrected chi connectivity index (χ4v) is 2.47. The maximum atomic E-state index is 5.57. The minimum atomic E-state index is 0.746. The van der Waals surface area contributed by atoms with Gasteiger partial charge < -0.3 is 15.0 Å². The molecule has 0 saturated carbocycles. The molecule has 0 aliphatic heterocycles. The fraction of sp³-hybridized carbons (Fsp3) is 0.684. The lowest BCUT2D eigenvalue weighted by molar-refractivity contribution is 0.320. The molecule has 1 aromatic rings. The molecule has 0 atom stereocenters. The molecule has 22 heavy (non-hydrogen) atoms. The smallest absolute Gasteiger partial charge is 0.123 e. The third-order valence-corrected chi connectivity index (χ3v) is 3.91. The predicted molar refractivity (Wildman–Crippen MR) is 95.4 cm³/mol. The lowest BCUT2D eigenvalue weighted by Crippen LogP contribution is -2.19.